The number of nitriles is 2. The van der Waals surface area contributed by atoms with E-state index < -0.39 is 36.1 Å². The van der Waals surface area contributed by atoms with Crippen molar-refractivity contribution in [1.82, 2.24) is 19.6 Å². The third-order valence-corrected chi connectivity index (χ3v) is 22.9. The van der Waals surface area contributed by atoms with Gasteiger partial charge in [0.2, 0.25) is 13.6 Å². The van der Waals surface area contributed by atoms with Gasteiger partial charge in [-0.3, -0.25) is 38.8 Å². The van der Waals surface area contributed by atoms with Crippen molar-refractivity contribution in [1.29, 1.82) is 10.5 Å². The minimum atomic E-state index is -0.606. The van der Waals surface area contributed by atoms with Gasteiger partial charge in [-0.25, -0.2) is 0 Å². The molecule has 0 spiro atoms. The lowest BCUT2D eigenvalue weighted by Crippen LogP contribution is -2.69. The molecule has 0 radical (unpaired) electrons. The van der Waals surface area contributed by atoms with Gasteiger partial charge in [0.15, 0.2) is 46.0 Å². The van der Waals surface area contributed by atoms with Gasteiger partial charge in [0.1, 0.15) is 36.8 Å². The van der Waals surface area contributed by atoms with Crippen molar-refractivity contribution in [2.24, 2.45) is 11.8 Å². The number of phenols is 2. The monoisotopic (exact) mass is 1240 g/mol. The number of benzene rings is 4. The summed E-state index contributed by atoms with van der Waals surface area (Å²) < 4.78 is 59.2. The highest BCUT2D eigenvalue weighted by atomic mass is 32.2. The first-order valence-electron chi connectivity index (χ1n) is 29.6. The molecule has 88 heavy (non-hydrogen) atoms. The first-order chi connectivity index (χ1) is 42.2. The van der Waals surface area contributed by atoms with Crippen molar-refractivity contribution in [2.75, 3.05) is 66.6 Å². The summed E-state index contributed by atoms with van der Waals surface area (Å²) in [5.41, 5.74) is 9.41. The number of aromatic hydroxyl groups is 2. The third-order valence-electron chi connectivity index (χ3n) is 19.7. The highest BCUT2D eigenvalue weighted by Crippen LogP contribution is 2.67. The third kappa shape index (κ3) is 8.77. The summed E-state index contributed by atoms with van der Waals surface area (Å²) in [5.74, 6) is 2.35. The van der Waals surface area contributed by atoms with Crippen LogP contribution in [-0.2, 0) is 41.5 Å². The van der Waals surface area contributed by atoms with Gasteiger partial charge in [-0.15, -0.1) is 0 Å². The number of carbonyl (C=O) groups is 4. The Bertz CT molecular complexity index is 3520. The molecule has 2 N–H and O–H groups in total. The predicted molar refractivity (Wildman–Crippen MR) is 318 cm³/mol. The molecule has 4 fully saturated rings. The second-order valence-electron chi connectivity index (χ2n) is 24.6. The molecule has 8 bridgehead atoms. The summed E-state index contributed by atoms with van der Waals surface area (Å²) in [6, 6.07) is 5.01. The van der Waals surface area contributed by atoms with E-state index in [2.05, 4.69) is 43.9 Å². The topological polar surface area (TPSA) is 262 Å². The Morgan fingerprint density at radius 1 is 0.580 bits per heavy atom. The molecule has 14 rings (SSSR count). The Morgan fingerprint density at radius 3 is 1.31 bits per heavy atom. The van der Waals surface area contributed by atoms with Crippen LogP contribution in [0.1, 0.15) is 129 Å². The molecular formula is C64H70N6O16S2. The van der Waals surface area contributed by atoms with E-state index in [9.17, 15) is 39.9 Å². The van der Waals surface area contributed by atoms with Crippen LogP contribution in [0.4, 0.5) is 0 Å². The van der Waals surface area contributed by atoms with Crippen LogP contribution >= 0.6 is 23.5 Å². The van der Waals surface area contributed by atoms with Crippen molar-refractivity contribution in [2.45, 2.75) is 139 Å². The fraction of sp³-hybridized carbons (Fsp3) is 0.531. The van der Waals surface area contributed by atoms with Gasteiger partial charge in [0.25, 0.3) is 0 Å². The number of cyclic esters (lactones) is 2. The highest BCUT2D eigenvalue weighted by Gasteiger charge is 2.63. The number of carbonyl (C=O) groups excluding carboxylic acids is 4. The zero-order valence-corrected chi connectivity index (χ0v) is 52.6. The number of fused-ring (bicyclic) bond motifs is 18. The van der Waals surface area contributed by atoms with E-state index >= 15 is 0 Å². The molecule has 22 nitrogen and oxygen atoms in total. The number of ether oxygens (including phenoxy) is 10. The minimum absolute atomic E-state index is 0.00697. The SMILES string of the molecule is COc1c(C)cc2c(c1O)[C@@H]1C3[C@@H]4SC[C@H](C)C(=O)OC[C@@H](c5c6c(c(C)c(OC(C)=O)c54)OCO6)N3[C@@H](C#N)[C@H](C2)N1C.COc1c(C)cc2c(c1O)[C@@H]1C3[C@@H]4SC[C@H](C)C(=O)OC[C@@H](c5c6c(c(C)c(OC(C)=O)c54)OCO6)N3[C@@H](C#N)[C@H](C2)N1C. The molecule has 0 aliphatic carbocycles. The maximum absolute atomic E-state index is 13.1. The maximum atomic E-state index is 13.1. The van der Waals surface area contributed by atoms with Gasteiger partial charge in [-0.05, 0) is 76.9 Å². The Balaban J connectivity index is 0.000000162. The molecule has 4 aromatic rings. The van der Waals surface area contributed by atoms with Crippen LogP contribution in [-0.4, -0.2) is 157 Å². The van der Waals surface area contributed by atoms with E-state index in [0.29, 0.717) is 92.6 Å². The lowest BCUT2D eigenvalue weighted by Gasteiger charge is -2.61. The van der Waals surface area contributed by atoms with Crippen molar-refractivity contribution < 1.29 is 76.8 Å². The number of phenolic OH excluding ortho intramolecular Hbond substituents is 2. The average Bonchev–Trinajstić information content (AvgIpc) is 0.814. The van der Waals surface area contributed by atoms with E-state index in [1.807, 2.05) is 55.6 Å². The molecule has 10 heterocycles. The summed E-state index contributed by atoms with van der Waals surface area (Å²) in [6.07, 6.45) is 1.08. The van der Waals surface area contributed by atoms with Gasteiger partial charge in [0, 0.05) is 94.0 Å². The van der Waals surface area contributed by atoms with Crippen LogP contribution in [0.5, 0.6) is 57.5 Å². The second kappa shape index (κ2) is 22.3. The molecule has 10 aliphatic heterocycles. The van der Waals surface area contributed by atoms with Crippen LogP contribution in [0.25, 0.3) is 0 Å². The van der Waals surface area contributed by atoms with Crippen molar-refractivity contribution in [3.63, 3.8) is 0 Å². The van der Waals surface area contributed by atoms with Crippen molar-refractivity contribution >= 4 is 47.4 Å². The number of methoxy groups -OCH3 is 2. The molecule has 0 saturated carbocycles. The van der Waals surface area contributed by atoms with Gasteiger partial charge in [0.05, 0.1) is 72.9 Å². The Morgan fingerprint density at radius 2 is 0.955 bits per heavy atom. The van der Waals surface area contributed by atoms with Crippen molar-refractivity contribution in [3.05, 3.63) is 78.9 Å². The number of likely N-dealkylation sites (N-methyl/N-ethyl adjacent to an activating group) is 2. The summed E-state index contributed by atoms with van der Waals surface area (Å²) in [7, 11) is 7.11. The van der Waals surface area contributed by atoms with Crippen LogP contribution in [0.3, 0.4) is 0 Å². The summed E-state index contributed by atoms with van der Waals surface area (Å²) >= 11 is 3.13. The lowest BCUT2D eigenvalue weighted by atomic mass is 9.71. The summed E-state index contributed by atoms with van der Waals surface area (Å²) in [4.78, 5) is 60.1. The number of esters is 4. The van der Waals surface area contributed by atoms with Crippen LogP contribution < -0.4 is 37.9 Å². The normalized spacial score (nSPS) is 30.4. The quantitative estimate of drug-likeness (QED) is 0.146. The molecule has 4 aromatic carbocycles. The first kappa shape index (κ1) is 59.6. The average molecular weight is 1240 g/mol. The van der Waals surface area contributed by atoms with Gasteiger partial charge in [-0.1, -0.05) is 26.0 Å². The fourth-order valence-electron chi connectivity index (χ4n) is 16.1. The number of thioether (sulfide) groups is 2. The largest absolute Gasteiger partial charge is 0.504 e. The molecule has 14 atom stereocenters. The fourth-order valence-corrected chi connectivity index (χ4v) is 19.2. The zero-order chi connectivity index (χ0) is 62.4. The zero-order valence-electron chi connectivity index (χ0n) is 51.0. The highest BCUT2D eigenvalue weighted by molar-refractivity contribution is 7.99. The maximum Gasteiger partial charge on any atom is 0.309 e. The Labute approximate surface area is 518 Å². The van der Waals surface area contributed by atoms with Gasteiger partial charge >= 0.3 is 23.9 Å². The van der Waals surface area contributed by atoms with E-state index in [-0.39, 0.29) is 109 Å². The van der Waals surface area contributed by atoms with E-state index in [4.69, 9.17) is 47.4 Å². The number of aryl methyl sites for hydroxylation is 2. The Kier molecular flexibility index (Phi) is 15.1. The standard InChI is InChI=1S/2C32H35N3O8S/c2*1-13-7-17-8-18-19(9-33)35-20-10-40-32(38)14(2)11-44-31(25(35)24(34(18)5)21(17)26(37)27(13)39-6)23-22(20)30-29(41-12-42-30)15(3)28(23)43-16(4)36/h2*7,14,18-20,24-25,31,37H,8,10-12H2,1-6H3/t2*14-,18-,19-,20-,24+,25?,31+/m00/s1. The number of piperazine rings is 2. The Hall–Kier alpha value is -7.32. The number of hydrogen-bond donors (Lipinski definition) is 2. The molecule has 464 valence electrons. The van der Waals surface area contributed by atoms with Crippen molar-refractivity contribution in [3.8, 4) is 69.6 Å². The molecule has 10 aliphatic rings. The molecule has 0 aromatic heterocycles. The van der Waals surface area contributed by atoms with Gasteiger partial charge < -0.3 is 57.6 Å². The van der Waals surface area contributed by atoms with Crippen LogP contribution in [0.15, 0.2) is 12.1 Å². The van der Waals surface area contributed by atoms with Crippen LogP contribution in [0, 0.1) is 62.2 Å². The minimum Gasteiger partial charge on any atom is -0.504 e. The number of nitrogens with zero attached hydrogens (tertiary/aromatic N) is 6. The van der Waals surface area contributed by atoms with E-state index in [1.165, 1.54) is 13.8 Å². The molecule has 4 saturated heterocycles. The molecular weight excluding hydrogens is 1170 g/mol. The second-order valence-corrected chi connectivity index (χ2v) is 26.9. The summed E-state index contributed by atoms with van der Waals surface area (Å²) in [6.45, 7) is 13.9. The van der Waals surface area contributed by atoms with Crippen LogP contribution in [0.2, 0.25) is 0 Å². The van der Waals surface area contributed by atoms with Gasteiger partial charge in [-0.2, -0.15) is 34.0 Å². The first-order valence-corrected chi connectivity index (χ1v) is 31.7. The number of rotatable bonds is 4. The molecule has 0 amide bonds. The van der Waals surface area contributed by atoms with E-state index in [1.54, 1.807) is 37.7 Å². The predicted octanol–water partition coefficient (Wildman–Crippen LogP) is 7.74. The molecule has 2 unspecified atom stereocenters. The molecule has 24 heteroatoms. The van der Waals surface area contributed by atoms with E-state index in [0.717, 1.165) is 44.5 Å². The number of hydrogen-bond acceptors (Lipinski definition) is 24. The lowest BCUT2D eigenvalue weighted by molar-refractivity contribution is -0.153. The smallest absolute Gasteiger partial charge is 0.309 e. The summed E-state index contributed by atoms with van der Waals surface area (Å²) in [5, 5.41) is 44.4.